The fourth-order valence-electron chi connectivity index (χ4n) is 6.56. The molecule has 10 heteroatoms. The molecule has 0 fully saturated rings. The van der Waals surface area contributed by atoms with Crippen molar-refractivity contribution in [2.75, 3.05) is 47.5 Å². The van der Waals surface area contributed by atoms with E-state index in [2.05, 4.69) is 74.6 Å². The normalized spacial score (nSPS) is 14.0. The largest absolute Gasteiger partial charge is 0.756 e. The number of unbranched alkanes of at least 4 members (excludes halogenated alkanes) is 21. The molecular weight excluding hydrogens is 798 g/mol. The highest BCUT2D eigenvalue weighted by molar-refractivity contribution is 7.45. The average Bonchev–Trinajstić information content (AvgIpc) is 3.23. The Morgan fingerprint density at radius 3 is 1.44 bits per heavy atom. The van der Waals surface area contributed by atoms with Crippen molar-refractivity contribution in [2.24, 2.45) is 0 Å². The third-order valence-corrected chi connectivity index (χ3v) is 11.5. The van der Waals surface area contributed by atoms with Crippen LogP contribution >= 0.6 is 7.82 Å². The summed E-state index contributed by atoms with van der Waals surface area (Å²) >= 11 is 0. The Hall–Kier alpha value is -2.29. The number of phosphoric acid groups is 1. The Morgan fingerprint density at radius 2 is 0.903 bits per heavy atom. The van der Waals surface area contributed by atoms with Crippen molar-refractivity contribution in [3.63, 3.8) is 0 Å². The van der Waals surface area contributed by atoms with Crippen LogP contribution in [-0.2, 0) is 32.7 Å². The second-order valence-corrected chi connectivity index (χ2v) is 19.2. The molecular formula is C52H94NO8P. The minimum Gasteiger partial charge on any atom is -0.756 e. The van der Waals surface area contributed by atoms with Gasteiger partial charge in [0.15, 0.2) is 6.10 Å². The van der Waals surface area contributed by atoms with Crippen LogP contribution in [0.1, 0.15) is 206 Å². The summed E-state index contributed by atoms with van der Waals surface area (Å²) in [5, 5.41) is 0. The summed E-state index contributed by atoms with van der Waals surface area (Å²) in [5.41, 5.74) is 0. The van der Waals surface area contributed by atoms with Crippen molar-refractivity contribution >= 4 is 19.8 Å². The number of rotatable bonds is 45. The topological polar surface area (TPSA) is 111 Å². The summed E-state index contributed by atoms with van der Waals surface area (Å²) in [6.07, 6.45) is 54.2. The number of hydrogen-bond acceptors (Lipinski definition) is 8. The summed E-state index contributed by atoms with van der Waals surface area (Å²) < 4.78 is 33.9. The number of carbonyl (C=O) groups excluding carboxylic acids is 2. The Kier molecular flexibility index (Phi) is 42.3. The van der Waals surface area contributed by atoms with Crippen LogP contribution in [0.15, 0.2) is 60.8 Å². The maximum atomic E-state index is 12.7. The first-order valence-corrected chi connectivity index (χ1v) is 26.5. The van der Waals surface area contributed by atoms with Crippen molar-refractivity contribution in [1.29, 1.82) is 0 Å². The number of allylic oxidation sites excluding steroid dienone is 10. The zero-order chi connectivity index (χ0) is 45.7. The number of ether oxygens (including phenoxy) is 2. The molecule has 0 bridgehead atoms. The van der Waals surface area contributed by atoms with Crippen LogP contribution in [0.4, 0.5) is 0 Å². The first-order valence-electron chi connectivity index (χ1n) is 25.0. The van der Waals surface area contributed by atoms with E-state index in [0.29, 0.717) is 23.9 Å². The molecule has 0 N–H and O–H groups in total. The molecule has 0 spiro atoms. The predicted octanol–water partition coefficient (Wildman–Crippen LogP) is 14.2. The SMILES string of the molecule is CCCCC/C=C/C/C=C/C/C=C/CCCCC(=O)OC[C@H](COP(=O)([O-])OCC[N+](C)(C)C)OC(=O)CCC/C=C/CC/C=C/CCCCCCCCCCCCCCCC. The smallest absolute Gasteiger partial charge is 0.306 e. The van der Waals surface area contributed by atoms with Gasteiger partial charge in [0.2, 0.25) is 0 Å². The van der Waals surface area contributed by atoms with Gasteiger partial charge in [0.05, 0.1) is 27.7 Å². The highest BCUT2D eigenvalue weighted by Gasteiger charge is 2.21. The van der Waals surface area contributed by atoms with Gasteiger partial charge >= 0.3 is 11.9 Å². The van der Waals surface area contributed by atoms with Gasteiger partial charge in [-0.15, -0.1) is 0 Å². The summed E-state index contributed by atoms with van der Waals surface area (Å²) in [5.74, 6) is -0.929. The van der Waals surface area contributed by atoms with Gasteiger partial charge in [-0.1, -0.05) is 171 Å². The first kappa shape index (κ1) is 59.7. The van der Waals surface area contributed by atoms with E-state index in [1.165, 1.54) is 109 Å². The first-order chi connectivity index (χ1) is 30.0. The predicted molar refractivity (Wildman–Crippen MR) is 259 cm³/mol. The van der Waals surface area contributed by atoms with Gasteiger partial charge in [0, 0.05) is 12.8 Å². The third kappa shape index (κ3) is 47.2. The van der Waals surface area contributed by atoms with Gasteiger partial charge in [-0.25, -0.2) is 0 Å². The van der Waals surface area contributed by atoms with E-state index in [-0.39, 0.29) is 26.1 Å². The fraction of sp³-hybridized carbons (Fsp3) is 0.769. The average molecular weight is 892 g/mol. The van der Waals surface area contributed by atoms with Crippen LogP contribution in [0.2, 0.25) is 0 Å². The van der Waals surface area contributed by atoms with E-state index >= 15 is 0 Å². The third-order valence-electron chi connectivity index (χ3n) is 10.5. The molecule has 0 rings (SSSR count). The number of likely N-dealkylation sites (N-methyl/N-ethyl adjacent to an activating group) is 1. The highest BCUT2D eigenvalue weighted by Crippen LogP contribution is 2.38. The van der Waals surface area contributed by atoms with Crippen molar-refractivity contribution < 1.29 is 42.1 Å². The van der Waals surface area contributed by atoms with E-state index in [1.54, 1.807) is 0 Å². The van der Waals surface area contributed by atoms with Crippen molar-refractivity contribution in [1.82, 2.24) is 0 Å². The lowest BCUT2D eigenvalue weighted by molar-refractivity contribution is -0.870. The minimum absolute atomic E-state index is 0.0458. The van der Waals surface area contributed by atoms with Crippen LogP contribution in [0.25, 0.3) is 0 Å². The number of esters is 2. The fourth-order valence-corrected chi connectivity index (χ4v) is 7.29. The van der Waals surface area contributed by atoms with Crippen LogP contribution in [0, 0.1) is 0 Å². The highest BCUT2D eigenvalue weighted by atomic mass is 31.2. The summed E-state index contributed by atoms with van der Waals surface area (Å²) in [6.45, 7) is 4.12. The number of quaternary nitrogens is 1. The van der Waals surface area contributed by atoms with Crippen LogP contribution in [0.5, 0.6) is 0 Å². The standard InChI is InChI=1S/C52H94NO8P/c1-6-8-10-12-14-16-18-20-22-23-24-25-26-27-28-29-31-33-35-37-39-41-43-45-52(55)61-50(49-60-62(56,57)59-47-46-53(3,4)5)48-58-51(54)44-42-40-38-36-34-32-30-21-19-17-15-13-11-9-7-2/h15,17,21,29-31,34,36-37,39,50H,6-14,16,18-20,22-28,32-33,35,38,40-49H2,1-5H3/b17-15+,30-21+,31-29+,36-34+,39-37+/t50-/m1/s1. The number of nitrogens with zero attached hydrogens (tertiary/aromatic N) is 1. The summed E-state index contributed by atoms with van der Waals surface area (Å²) in [4.78, 5) is 37.6. The van der Waals surface area contributed by atoms with E-state index in [4.69, 9.17) is 18.5 Å². The molecule has 0 heterocycles. The Bertz CT molecular complexity index is 1240. The maximum Gasteiger partial charge on any atom is 0.306 e. The molecule has 0 radical (unpaired) electrons. The molecule has 0 saturated heterocycles. The lowest BCUT2D eigenvalue weighted by atomic mass is 10.0. The zero-order valence-corrected chi connectivity index (χ0v) is 41.4. The van der Waals surface area contributed by atoms with Crippen molar-refractivity contribution in [3.05, 3.63) is 60.8 Å². The molecule has 0 amide bonds. The molecule has 0 aromatic heterocycles. The molecule has 62 heavy (non-hydrogen) atoms. The van der Waals surface area contributed by atoms with E-state index in [9.17, 15) is 19.0 Å². The zero-order valence-electron chi connectivity index (χ0n) is 40.6. The lowest BCUT2D eigenvalue weighted by Crippen LogP contribution is -2.37. The van der Waals surface area contributed by atoms with Gasteiger partial charge in [0.25, 0.3) is 7.82 Å². The molecule has 2 atom stereocenters. The monoisotopic (exact) mass is 892 g/mol. The lowest BCUT2D eigenvalue weighted by Gasteiger charge is -2.28. The molecule has 0 aliphatic heterocycles. The maximum absolute atomic E-state index is 12.7. The molecule has 0 aromatic rings. The minimum atomic E-state index is -4.65. The summed E-state index contributed by atoms with van der Waals surface area (Å²) in [6, 6.07) is 0. The van der Waals surface area contributed by atoms with Crippen LogP contribution in [0.3, 0.4) is 0 Å². The van der Waals surface area contributed by atoms with Gasteiger partial charge in [0.1, 0.15) is 19.8 Å². The van der Waals surface area contributed by atoms with Crippen molar-refractivity contribution in [3.8, 4) is 0 Å². The van der Waals surface area contributed by atoms with Crippen LogP contribution < -0.4 is 4.89 Å². The molecule has 0 aromatic carbocycles. The van der Waals surface area contributed by atoms with Crippen LogP contribution in [-0.4, -0.2) is 70.0 Å². The van der Waals surface area contributed by atoms with Gasteiger partial charge in [-0.2, -0.15) is 0 Å². The van der Waals surface area contributed by atoms with Gasteiger partial charge in [-0.05, 0) is 83.5 Å². The second kappa shape index (κ2) is 43.9. The Morgan fingerprint density at radius 1 is 0.500 bits per heavy atom. The molecule has 0 aliphatic carbocycles. The second-order valence-electron chi connectivity index (χ2n) is 17.8. The number of phosphoric ester groups is 1. The quantitative estimate of drug-likeness (QED) is 0.0195. The van der Waals surface area contributed by atoms with E-state index in [1.807, 2.05) is 21.1 Å². The van der Waals surface area contributed by atoms with E-state index < -0.39 is 32.5 Å². The Labute approximate surface area is 381 Å². The molecule has 360 valence electrons. The summed E-state index contributed by atoms with van der Waals surface area (Å²) in [7, 11) is 1.12. The molecule has 1 unspecified atom stereocenters. The van der Waals surface area contributed by atoms with E-state index in [0.717, 1.165) is 57.8 Å². The van der Waals surface area contributed by atoms with Gasteiger partial charge < -0.3 is 27.9 Å². The van der Waals surface area contributed by atoms with Gasteiger partial charge in [-0.3, -0.25) is 14.2 Å². The molecule has 0 saturated carbocycles. The number of carbonyl (C=O) groups is 2. The Balaban J connectivity index is 4.36. The van der Waals surface area contributed by atoms with Crippen molar-refractivity contribution in [2.45, 2.75) is 213 Å². The molecule has 0 aliphatic rings. The molecule has 9 nitrogen and oxygen atoms in total. The number of hydrogen-bond donors (Lipinski definition) is 0.